The van der Waals surface area contributed by atoms with Crippen molar-refractivity contribution in [2.75, 3.05) is 11.1 Å². The van der Waals surface area contributed by atoms with E-state index in [4.69, 9.17) is 5.11 Å². The molecule has 0 saturated carbocycles. The van der Waals surface area contributed by atoms with Gasteiger partial charge in [0, 0.05) is 30.7 Å². The zero-order valence-corrected chi connectivity index (χ0v) is 22.8. The second-order valence-corrected chi connectivity index (χ2v) is 11.5. The van der Waals surface area contributed by atoms with E-state index in [2.05, 4.69) is 10.6 Å². The van der Waals surface area contributed by atoms with Crippen molar-refractivity contribution in [3.8, 4) is 0 Å². The molecule has 14 heteroatoms. The molecule has 2 heterocycles. The molecule has 2 amide bonds. The Kier molecular flexibility index (Phi) is 9.80. The van der Waals surface area contributed by atoms with Crippen LogP contribution in [0.15, 0.2) is 34.7 Å². The molecule has 3 atom stereocenters. The molecule has 0 fully saturated rings. The number of halogens is 2. The summed E-state index contributed by atoms with van der Waals surface area (Å²) in [7, 11) is 0. The predicted octanol–water partition coefficient (Wildman–Crippen LogP) is 1.70. The maximum atomic E-state index is 13.9. The van der Waals surface area contributed by atoms with Gasteiger partial charge in [0.05, 0.1) is 10.9 Å². The standard InChI is InChI=1S/C26H33F2N3O8S/c1-13(2)9-17(21(32)30-18(10-19(27)28)26(38,39)24(36)37)29-23(35)25(11-14-5-3-4-6-16(14)31-25)12-15-7-8-40-20(15)22(33)34/h3-6,13,17-19,31,38-39H,7-12H2,1-2H3,(H,29,35)(H,30,32)(H,33,34)(H,36,37)/t17-,18-,25-/m0/s1. The summed E-state index contributed by atoms with van der Waals surface area (Å²) in [6.07, 6.45) is -3.87. The largest absolute Gasteiger partial charge is 0.477 e. The number of para-hydroxylation sites is 1. The van der Waals surface area contributed by atoms with Crippen molar-refractivity contribution in [1.82, 2.24) is 10.6 Å². The SMILES string of the molecule is CC(C)C[C@H](NC(=O)[C@@]1(CC2=C(C(=O)O)SCC2)Cc2ccccc2N1)C(=O)N[C@@H](CC(F)F)C(O)(O)C(=O)O. The molecule has 7 N–H and O–H groups in total. The van der Waals surface area contributed by atoms with Crippen molar-refractivity contribution in [3.05, 3.63) is 40.3 Å². The normalized spacial score (nSPS) is 20.2. The van der Waals surface area contributed by atoms with Crippen molar-refractivity contribution >= 4 is 41.2 Å². The van der Waals surface area contributed by atoms with Gasteiger partial charge in [-0.25, -0.2) is 18.4 Å². The van der Waals surface area contributed by atoms with Crippen LogP contribution in [-0.2, 0) is 25.6 Å². The molecule has 0 spiro atoms. The minimum absolute atomic E-state index is 0.0118. The first kappa shape index (κ1) is 31.3. The zero-order valence-electron chi connectivity index (χ0n) is 21.9. The Morgan fingerprint density at radius 2 is 1.77 bits per heavy atom. The van der Waals surface area contributed by atoms with Gasteiger partial charge < -0.3 is 36.4 Å². The number of fused-ring (bicyclic) bond motifs is 1. The lowest BCUT2D eigenvalue weighted by molar-refractivity contribution is -0.216. The number of carboxylic acid groups (broad SMARTS) is 2. The first-order valence-corrected chi connectivity index (χ1v) is 13.7. The average Bonchev–Trinajstić information content (AvgIpc) is 3.47. The smallest absolute Gasteiger partial charge is 0.366 e. The molecule has 0 unspecified atom stereocenters. The number of benzene rings is 1. The summed E-state index contributed by atoms with van der Waals surface area (Å²) in [6, 6.07) is 3.51. The minimum Gasteiger partial charge on any atom is -0.477 e. The van der Waals surface area contributed by atoms with Gasteiger partial charge in [-0.2, -0.15) is 0 Å². The number of hydrogen-bond acceptors (Lipinski definition) is 8. The fourth-order valence-electron chi connectivity index (χ4n) is 4.91. The van der Waals surface area contributed by atoms with Crippen molar-refractivity contribution in [3.63, 3.8) is 0 Å². The van der Waals surface area contributed by atoms with Crippen molar-refractivity contribution in [2.24, 2.45) is 5.92 Å². The molecule has 0 aliphatic carbocycles. The number of aliphatic hydroxyl groups is 2. The second-order valence-electron chi connectivity index (χ2n) is 10.4. The first-order valence-electron chi connectivity index (χ1n) is 12.7. The summed E-state index contributed by atoms with van der Waals surface area (Å²) in [4.78, 5) is 50.4. The van der Waals surface area contributed by atoms with Crippen molar-refractivity contribution in [2.45, 2.75) is 75.8 Å². The number of carbonyl (C=O) groups is 4. The molecule has 1 aromatic carbocycles. The summed E-state index contributed by atoms with van der Waals surface area (Å²) >= 11 is 1.18. The monoisotopic (exact) mass is 585 g/mol. The number of aliphatic carboxylic acids is 2. The van der Waals surface area contributed by atoms with Crippen LogP contribution in [0.25, 0.3) is 0 Å². The Bertz CT molecular complexity index is 1170. The maximum Gasteiger partial charge on any atom is 0.366 e. The van der Waals surface area contributed by atoms with Crippen LogP contribution >= 0.6 is 11.8 Å². The lowest BCUT2D eigenvalue weighted by Crippen LogP contribution is -2.62. The molecule has 40 heavy (non-hydrogen) atoms. The highest BCUT2D eigenvalue weighted by atomic mass is 32.2. The van der Waals surface area contributed by atoms with E-state index >= 15 is 0 Å². The minimum atomic E-state index is -3.69. The summed E-state index contributed by atoms with van der Waals surface area (Å²) in [6.45, 7) is 3.48. The average molecular weight is 586 g/mol. The molecule has 0 saturated heterocycles. The molecule has 2 aliphatic rings. The number of rotatable bonds is 13. The van der Waals surface area contributed by atoms with E-state index < -0.39 is 60.0 Å². The van der Waals surface area contributed by atoms with Crippen LogP contribution < -0.4 is 16.0 Å². The summed E-state index contributed by atoms with van der Waals surface area (Å²) in [5.41, 5.74) is 0.659. The second kappa shape index (κ2) is 12.5. The van der Waals surface area contributed by atoms with Crippen molar-refractivity contribution < 1.29 is 48.4 Å². The molecule has 0 radical (unpaired) electrons. The van der Waals surface area contributed by atoms with Crippen LogP contribution in [0, 0.1) is 5.92 Å². The highest BCUT2D eigenvalue weighted by Crippen LogP contribution is 2.42. The van der Waals surface area contributed by atoms with Crippen LogP contribution in [0.3, 0.4) is 0 Å². The van der Waals surface area contributed by atoms with Gasteiger partial charge in [-0.15, -0.1) is 11.8 Å². The van der Waals surface area contributed by atoms with E-state index in [1.807, 2.05) is 11.4 Å². The third-order valence-electron chi connectivity index (χ3n) is 6.86. The topological polar surface area (TPSA) is 185 Å². The lowest BCUT2D eigenvalue weighted by atomic mass is 9.85. The first-order chi connectivity index (χ1) is 18.7. The fourth-order valence-corrected chi connectivity index (χ4v) is 5.96. The van der Waals surface area contributed by atoms with Gasteiger partial charge in [0.25, 0.3) is 5.79 Å². The molecular formula is C26H33F2N3O8S. The third kappa shape index (κ3) is 7.09. The van der Waals surface area contributed by atoms with E-state index in [0.717, 1.165) is 5.56 Å². The number of alkyl halides is 2. The van der Waals surface area contributed by atoms with Crippen LogP contribution in [0.1, 0.15) is 45.1 Å². The van der Waals surface area contributed by atoms with Gasteiger partial charge in [-0.05, 0) is 36.0 Å². The Hall–Kier alpha value is -3.23. The van der Waals surface area contributed by atoms with Gasteiger partial charge in [-0.3, -0.25) is 9.59 Å². The van der Waals surface area contributed by atoms with E-state index in [9.17, 15) is 43.3 Å². The van der Waals surface area contributed by atoms with Gasteiger partial charge in [0.1, 0.15) is 11.6 Å². The molecule has 3 rings (SSSR count). The fraction of sp³-hybridized carbons (Fsp3) is 0.538. The highest BCUT2D eigenvalue weighted by Gasteiger charge is 2.48. The van der Waals surface area contributed by atoms with E-state index in [1.54, 1.807) is 32.0 Å². The zero-order chi connectivity index (χ0) is 29.8. The van der Waals surface area contributed by atoms with E-state index in [0.29, 0.717) is 23.4 Å². The van der Waals surface area contributed by atoms with Gasteiger partial charge in [0.2, 0.25) is 18.2 Å². The number of carboxylic acids is 2. The van der Waals surface area contributed by atoms with Crippen molar-refractivity contribution in [1.29, 1.82) is 0 Å². The molecule has 220 valence electrons. The van der Waals surface area contributed by atoms with E-state index in [1.165, 1.54) is 11.8 Å². The van der Waals surface area contributed by atoms with Gasteiger partial charge in [-0.1, -0.05) is 32.0 Å². The number of hydrogen-bond donors (Lipinski definition) is 7. The van der Waals surface area contributed by atoms with E-state index in [-0.39, 0.29) is 30.1 Å². The Morgan fingerprint density at radius 1 is 1.10 bits per heavy atom. The molecule has 0 bridgehead atoms. The Labute approximate surface area is 233 Å². The molecule has 1 aromatic rings. The van der Waals surface area contributed by atoms with Crippen LogP contribution in [0.5, 0.6) is 0 Å². The number of thioether (sulfide) groups is 1. The number of carbonyl (C=O) groups excluding carboxylic acids is 2. The number of amides is 2. The predicted molar refractivity (Wildman–Crippen MR) is 142 cm³/mol. The number of anilines is 1. The Morgan fingerprint density at radius 3 is 2.35 bits per heavy atom. The number of nitrogens with one attached hydrogen (secondary N) is 3. The quantitative estimate of drug-likeness (QED) is 0.168. The maximum absolute atomic E-state index is 13.9. The van der Waals surface area contributed by atoms with Crippen LogP contribution in [0.4, 0.5) is 14.5 Å². The molecule has 0 aromatic heterocycles. The summed E-state index contributed by atoms with van der Waals surface area (Å²) in [5.74, 6) is -8.40. The van der Waals surface area contributed by atoms with Crippen LogP contribution in [-0.4, -0.2) is 79.8 Å². The highest BCUT2D eigenvalue weighted by molar-refractivity contribution is 8.04. The Balaban J connectivity index is 1.92. The van der Waals surface area contributed by atoms with Crippen LogP contribution in [0.2, 0.25) is 0 Å². The lowest BCUT2D eigenvalue weighted by Gasteiger charge is -2.33. The molecule has 2 aliphatic heterocycles. The molecule has 11 nitrogen and oxygen atoms in total. The summed E-state index contributed by atoms with van der Waals surface area (Å²) in [5, 5.41) is 46.3. The van der Waals surface area contributed by atoms with Gasteiger partial charge in [0.15, 0.2) is 0 Å². The van der Waals surface area contributed by atoms with Gasteiger partial charge >= 0.3 is 11.9 Å². The third-order valence-corrected chi connectivity index (χ3v) is 8.02. The summed E-state index contributed by atoms with van der Waals surface area (Å²) < 4.78 is 26.2. The molecular weight excluding hydrogens is 552 g/mol.